The van der Waals surface area contributed by atoms with Crippen LogP contribution in [-0.2, 0) is 0 Å². The number of alkyl halides is 1. The molecule has 0 radical (unpaired) electrons. The lowest BCUT2D eigenvalue weighted by atomic mass is 10.1. The average Bonchev–Trinajstić information content (AvgIpc) is 3.19. The van der Waals surface area contributed by atoms with Crippen molar-refractivity contribution in [1.29, 1.82) is 0 Å². The molecule has 1 aliphatic rings. The second-order valence-corrected chi connectivity index (χ2v) is 5.03. The van der Waals surface area contributed by atoms with Crippen molar-refractivity contribution in [3.05, 3.63) is 29.6 Å². The van der Waals surface area contributed by atoms with Gasteiger partial charge in [-0.15, -0.1) is 0 Å². The maximum absolute atomic E-state index is 13.8. The first kappa shape index (κ1) is 13.3. The van der Waals surface area contributed by atoms with Gasteiger partial charge < -0.3 is 9.64 Å². The summed E-state index contributed by atoms with van der Waals surface area (Å²) in [6.45, 7) is 0.584. The van der Waals surface area contributed by atoms with E-state index in [9.17, 15) is 9.18 Å². The fraction of sp³-hybridized carbons (Fsp3) is 0.462. The number of halogens is 2. The Morgan fingerprint density at radius 2 is 2.28 bits per heavy atom. The number of ether oxygens (including phenoxy) is 1. The molecule has 3 nitrogen and oxygen atoms in total. The van der Waals surface area contributed by atoms with Gasteiger partial charge in [-0.3, -0.25) is 4.79 Å². The maximum Gasteiger partial charge on any atom is 0.260 e. The summed E-state index contributed by atoms with van der Waals surface area (Å²) in [5.41, 5.74) is 0.0350. The lowest BCUT2D eigenvalue weighted by Gasteiger charge is -2.22. The molecule has 18 heavy (non-hydrogen) atoms. The van der Waals surface area contributed by atoms with Crippen molar-refractivity contribution >= 4 is 21.8 Å². The van der Waals surface area contributed by atoms with Gasteiger partial charge in [-0.25, -0.2) is 4.39 Å². The predicted octanol–water partition coefficient (Wildman–Crippen LogP) is 2.83. The molecule has 1 fully saturated rings. The highest BCUT2D eigenvalue weighted by Crippen LogP contribution is 2.31. The smallest absolute Gasteiger partial charge is 0.260 e. The molecule has 5 heteroatoms. The van der Waals surface area contributed by atoms with E-state index in [0.717, 1.165) is 12.8 Å². The van der Waals surface area contributed by atoms with Crippen molar-refractivity contribution in [1.82, 2.24) is 4.90 Å². The number of nitrogens with zero attached hydrogens (tertiary/aromatic N) is 1. The summed E-state index contributed by atoms with van der Waals surface area (Å²) < 4.78 is 18.9. The van der Waals surface area contributed by atoms with Crippen LogP contribution in [0.25, 0.3) is 0 Å². The lowest BCUT2D eigenvalue weighted by molar-refractivity contribution is 0.0746. The third-order valence-corrected chi connectivity index (χ3v) is 3.34. The molecule has 0 saturated heterocycles. The number of carbonyl (C=O) groups excluding carboxylic acids is 1. The summed E-state index contributed by atoms with van der Waals surface area (Å²) in [4.78, 5) is 14.1. The van der Waals surface area contributed by atoms with Crippen molar-refractivity contribution < 1.29 is 13.9 Å². The summed E-state index contributed by atoms with van der Waals surface area (Å²) in [6, 6.07) is 4.68. The second-order valence-electron chi connectivity index (χ2n) is 4.24. The fourth-order valence-electron chi connectivity index (χ4n) is 1.95. The van der Waals surface area contributed by atoms with E-state index in [1.54, 1.807) is 11.0 Å². The van der Waals surface area contributed by atoms with Gasteiger partial charge in [0.2, 0.25) is 0 Å². The lowest BCUT2D eigenvalue weighted by Crippen LogP contribution is -2.35. The highest BCUT2D eigenvalue weighted by atomic mass is 79.9. The van der Waals surface area contributed by atoms with E-state index < -0.39 is 5.82 Å². The Bertz CT molecular complexity index is 449. The van der Waals surface area contributed by atoms with E-state index >= 15 is 0 Å². The molecule has 1 aromatic carbocycles. The highest BCUT2D eigenvalue weighted by Gasteiger charge is 2.34. The molecule has 1 saturated carbocycles. The van der Waals surface area contributed by atoms with Gasteiger partial charge in [-0.05, 0) is 25.0 Å². The minimum atomic E-state index is -0.528. The van der Waals surface area contributed by atoms with E-state index in [1.165, 1.54) is 19.2 Å². The molecule has 0 bridgehead atoms. The van der Waals surface area contributed by atoms with Crippen molar-refractivity contribution in [3.8, 4) is 5.75 Å². The van der Waals surface area contributed by atoms with Crippen molar-refractivity contribution in [2.45, 2.75) is 18.9 Å². The fourth-order valence-corrected chi connectivity index (χ4v) is 2.33. The minimum Gasteiger partial charge on any atom is -0.496 e. The van der Waals surface area contributed by atoms with Crippen LogP contribution in [0.1, 0.15) is 23.2 Å². The molecule has 0 N–H and O–H groups in total. The minimum absolute atomic E-state index is 0.0350. The summed E-state index contributed by atoms with van der Waals surface area (Å²) in [5, 5.41) is 0.687. The molecule has 98 valence electrons. The zero-order chi connectivity index (χ0) is 13.1. The van der Waals surface area contributed by atoms with E-state index in [4.69, 9.17) is 4.74 Å². The number of carbonyl (C=O) groups is 1. The Morgan fingerprint density at radius 1 is 1.56 bits per heavy atom. The molecule has 0 unspecified atom stereocenters. The van der Waals surface area contributed by atoms with E-state index in [2.05, 4.69) is 15.9 Å². The zero-order valence-corrected chi connectivity index (χ0v) is 11.7. The van der Waals surface area contributed by atoms with Crippen LogP contribution in [0.2, 0.25) is 0 Å². The summed E-state index contributed by atoms with van der Waals surface area (Å²) in [7, 11) is 1.44. The van der Waals surface area contributed by atoms with Crippen molar-refractivity contribution in [2.75, 3.05) is 19.0 Å². The van der Waals surface area contributed by atoms with Gasteiger partial charge in [0.05, 0.1) is 7.11 Å². The van der Waals surface area contributed by atoms with Crippen LogP contribution in [0, 0.1) is 5.82 Å². The molecule has 0 atom stereocenters. The second kappa shape index (κ2) is 5.69. The van der Waals surface area contributed by atoms with Crippen LogP contribution < -0.4 is 4.74 Å². The van der Waals surface area contributed by atoms with Crippen LogP contribution in [0.3, 0.4) is 0 Å². The molecule has 2 rings (SSSR count). The largest absolute Gasteiger partial charge is 0.496 e. The number of rotatable bonds is 5. The van der Waals surface area contributed by atoms with Crippen LogP contribution in [0.5, 0.6) is 5.75 Å². The van der Waals surface area contributed by atoms with Crippen molar-refractivity contribution in [2.24, 2.45) is 0 Å². The van der Waals surface area contributed by atoms with E-state index in [-0.39, 0.29) is 17.5 Å². The molecular weight excluding hydrogens is 301 g/mol. The molecule has 0 spiro atoms. The number of benzene rings is 1. The van der Waals surface area contributed by atoms with E-state index in [0.29, 0.717) is 17.6 Å². The molecule has 0 heterocycles. The third-order valence-electron chi connectivity index (χ3n) is 2.98. The average molecular weight is 316 g/mol. The molecular formula is C13H15BrFNO2. The van der Waals surface area contributed by atoms with Gasteiger partial charge in [0.25, 0.3) is 5.91 Å². The Morgan fingerprint density at radius 3 is 2.83 bits per heavy atom. The first-order valence-corrected chi connectivity index (χ1v) is 7.00. The quantitative estimate of drug-likeness (QED) is 0.782. The molecule has 0 aromatic heterocycles. The van der Waals surface area contributed by atoms with Gasteiger partial charge in [-0.2, -0.15) is 0 Å². The zero-order valence-electron chi connectivity index (χ0n) is 10.2. The van der Waals surface area contributed by atoms with E-state index in [1.807, 2.05) is 0 Å². The Hall–Kier alpha value is -1.10. The van der Waals surface area contributed by atoms with Crippen molar-refractivity contribution in [3.63, 3.8) is 0 Å². The molecule has 1 aliphatic carbocycles. The first-order valence-electron chi connectivity index (χ1n) is 5.88. The van der Waals surface area contributed by atoms with Gasteiger partial charge in [0, 0.05) is 17.9 Å². The predicted molar refractivity (Wildman–Crippen MR) is 70.8 cm³/mol. The number of hydrogen-bond donors (Lipinski definition) is 0. The number of amides is 1. The maximum atomic E-state index is 13.8. The van der Waals surface area contributed by atoms with Crippen LogP contribution >= 0.6 is 15.9 Å². The summed E-state index contributed by atoms with van der Waals surface area (Å²) in [6.07, 6.45) is 1.99. The molecule has 1 amide bonds. The highest BCUT2D eigenvalue weighted by molar-refractivity contribution is 9.09. The SMILES string of the molecule is COc1cccc(F)c1C(=O)N(CCBr)C1CC1. The van der Waals surface area contributed by atoms with Crippen LogP contribution in [0.4, 0.5) is 4.39 Å². The topological polar surface area (TPSA) is 29.5 Å². The Labute approximate surface area is 114 Å². The van der Waals surface area contributed by atoms with Gasteiger partial charge in [0.15, 0.2) is 0 Å². The standard InChI is InChI=1S/C13H15BrFNO2/c1-18-11-4-2-3-10(15)12(11)13(17)16(8-7-14)9-5-6-9/h2-4,9H,5-8H2,1H3. The first-order chi connectivity index (χ1) is 8.69. The number of hydrogen-bond acceptors (Lipinski definition) is 2. The Balaban J connectivity index is 2.31. The summed E-state index contributed by atoms with van der Waals surface area (Å²) >= 11 is 3.32. The van der Waals surface area contributed by atoms with Crippen LogP contribution in [-0.4, -0.2) is 35.8 Å². The molecule has 0 aliphatic heterocycles. The summed E-state index contributed by atoms with van der Waals surface area (Å²) in [5.74, 6) is -0.522. The Kier molecular flexibility index (Phi) is 4.22. The third kappa shape index (κ3) is 2.66. The van der Waals surface area contributed by atoms with Gasteiger partial charge in [0.1, 0.15) is 17.1 Å². The molecule has 1 aromatic rings. The number of methoxy groups -OCH3 is 1. The van der Waals surface area contributed by atoms with Gasteiger partial charge >= 0.3 is 0 Å². The van der Waals surface area contributed by atoms with Crippen LogP contribution in [0.15, 0.2) is 18.2 Å². The monoisotopic (exact) mass is 315 g/mol. The normalized spacial score (nSPS) is 14.4. The van der Waals surface area contributed by atoms with Gasteiger partial charge in [-0.1, -0.05) is 22.0 Å².